The Morgan fingerprint density at radius 3 is 2.55 bits per heavy atom. The first-order chi connectivity index (χ1) is 5.09. The van der Waals surface area contributed by atoms with Crippen LogP contribution in [0.25, 0.3) is 0 Å². The van der Waals surface area contributed by atoms with Gasteiger partial charge in [0.15, 0.2) is 0 Å². The molecule has 1 nitrogen and oxygen atoms in total. The number of aryl methyl sites for hydroxylation is 1. The summed E-state index contributed by atoms with van der Waals surface area (Å²) in [5.74, 6) is 0.688. The summed E-state index contributed by atoms with van der Waals surface area (Å²) in [6.45, 7) is 6.41. The van der Waals surface area contributed by atoms with Gasteiger partial charge in [0.2, 0.25) is 0 Å². The van der Waals surface area contributed by atoms with Crippen molar-refractivity contribution in [3.05, 3.63) is 10.7 Å². The molecule has 0 aromatic carbocycles. The van der Waals surface area contributed by atoms with Crippen molar-refractivity contribution in [3.8, 4) is 0 Å². The quantitative estimate of drug-likeness (QED) is 0.702. The van der Waals surface area contributed by atoms with Gasteiger partial charge in [-0.3, -0.25) is 0 Å². The van der Waals surface area contributed by atoms with Gasteiger partial charge in [-0.05, 0) is 12.8 Å². The lowest BCUT2D eigenvalue weighted by atomic mass is 10.1. The van der Waals surface area contributed by atoms with Gasteiger partial charge < -0.3 is 0 Å². The second-order valence-corrected chi connectivity index (χ2v) is 4.93. The highest BCUT2D eigenvalue weighted by molar-refractivity contribution is 7.82. The lowest BCUT2D eigenvalue weighted by Crippen LogP contribution is -1.92. The highest BCUT2D eigenvalue weighted by Crippen LogP contribution is 2.23. The highest BCUT2D eigenvalue weighted by atomic mass is 32.2. The Morgan fingerprint density at radius 1 is 1.55 bits per heavy atom. The van der Waals surface area contributed by atoms with E-state index in [-0.39, 0.29) is 0 Å². The molecule has 0 amide bonds. The van der Waals surface area contributed by atoms with E-state index in [1.165, 1.54) is 5.01 Å². The van der Waals surface area contributed by atoms with Crippen molar-refractivity contribution in [2.45, 2.75) is 31.4 Å². The minimum atomic E-state index is 0.688. The molecule has 0 spiro atoms. The molecule has 0 atom stereocenters. The summed E-state index contributed by atoms with van der Waals surface area (Å²) < 4.78 is 1.06. The maximum Gasteiger partial charge on any atom is 0.0942 e. The fraction of sp³-hybridized carbons (Fsp3) is 0.625. The fourth-order valence-corrected chi connectivity index (χ4v) is 2.26. The van der Waals surface area contributed by atoms with Crippen LogP contribution in [0, 0.1) is 12.8 Å². The molecule has 11 heavy (non-hydrogen) atoms. The first-order valence-electron chi connectivity index (χ1n) is 3.75. The second-order valence-electron chi connectivity index (χ2n) is 3.10. The topological polar surface area (TPSA) is 12.9 Å². The zero-order chi connectivity index (χ0) is 8.43. The Bertz CT molecular complexity index is 221. The van der Waals surface area contributed by atoms with Crippen LogP contribution < -0.4 is 0 Å². The minimum Gasteiger partial charge on any atom is -0.245 e. The lowest BCUT2D eigenvalue weighted by Gasteiger charge is -1.97. The van der Waals surface area contributed by atoms with Crippen LogP contribution in [0.4, 0.5) is 0 Å². The summed E-state index contributed by atoms with van der Waals surface area (Å²) in [6, 6.07) is 0. The summed E-state index contributed by atoms with van der Waals surface area (Å²) in [5.41, 5.74) is 1.06. The first kappa shape index (κ1) is 9.07. The largest absolute Gasteiger partial charge is 0.245 e. The van der Waals surface area contributed by atoms with E-state index >= 15 is 0 Å². The third-order valence-corrected chi connectivity index (χ3v) is 2.98. The Balaban J connectivity index is 2.73. The molecule has 0 N–H and O–H groups in total. The summed E-state index contributed by atoms with van der Waals surface area (Å²) >= 11 is 5.99. The number of thiazole rings is 1. The zero-order valence-electron chi connectivity index (χ0n) is 7.09. The summed E-state index contributed by atoms with van der Waals surface area (Å²) in [7, 11) is 0. The normalized spacial score (nSPS) is 11.0. The van der Waals surface area contributed by atoms with E-state index in [1.807, 2.05) is 6.92 Å². The van der Waals surface area contributed by atoms with Gasteiger partial charge in [-0.25, -0.2) is 4.98 Å². The van der Waals surface area contributed by atoms with Gasteiger partial charge in [0.05, 0.1) is 14.9 Å². The molecule has 0 fully saturated rings. The van der Waals surface area contributed by atoms with Gasteiger partial charge in [-0.1, -0.05) is 13.8 Å². The average molecular weight is 187 g/mol. The van der Waals surface area contributed by atoms with Crippen molar-refractivity contribution in [1.82, 2.24) is 4.98 Å². The van der Waals surface area contributed by atoms with Crippen LogP contribution in [0.3, 0.4) is 0 Å². The van der Waals surface area contributed by atoms with Gasteiger partial charge >= 0.3 is 0 Å². The van der Waals surface area contributed by atoms with Crippen LogP contribution in [-0.2, 0) is 6.42 Å². The Hall–Kier alpha value is -0.0200. The summed E-state index contributed by atoms with van der Waals surface area (Å²) in [6.07, 6.45) is 1.08. The molecule has 0 radical (unpaired) electrons. The molecule has 0 unspecified atom stereocenters. The van der Waals surface area contributed by atoms with Crippen molar-refractivity contribution in [2.75, 3.05) is 0 Å². The molecule has 1 heterocycles. The van der Waals surface area contributed by atoms with E-state index in [4.69, 9.17) is 0 Å². The smallest absolute Gasteiger partial charge is 0.0942 e. The first-order valence-corrected chi connectivity index (χ1v) is 5.01. The van der Waals surface area contributed by atoms with E-state index in [1.54, 1.807) is 11.3 Å². The van der Waals surface area contributed by atoms with Crippen LogP contribution in [0.5, 0.6) is 0 Å². The van der Waals surface area contributed by atoms with E-state index < -0.39 is 0 Å². The maximum absolute atomic E-state index is 4.39. The third-order valence-electron chi connectivity index (χ3n) is 1.40. The second kappa shape index (κ2) is 3.59. The molecule has 1 rings (SSSR count). The van der Waals surface area contributed by atoms with E-state index in [0.717, 1.165) is 16.3 Å². The third kappa shape index (κ3) is 2.49. The summed E-state index contributed by atoms with van der Waals surface area (Å²) in [5, 5.41) is 1.21. The van der Waals surface area contributed by atoms with Crippen molar-refractivity contribution >= 4 is 24.0 Å². The lowest BCUT2D eigenvalue weighted by molar-refractivity contribution is 0.643. The molecule has 1 aromatic rings. The molecule has 0 aliphatic rings. The van der Waals surface area contributed by atoms with Crippen LogP contribution in [0.15, 0.2) is 4.21 Å². The van der Waals surface area contributed by atoms with E-state index in [9.17, 15) is 0 Å². The fourth-order valence-electron chi connectivity index (χ4n) is 0.880. The number of hydrogen-bond donors (Lipinski definition) is 1. The van der Waals surface area contributed by atoms with E-state index in [0.29, 0.717) is 5.92 Å². The Kier molecular flexibility index (Phi) is 2.96. The van der Waals surface area contributed by atoms with E-state index in [2.05, 4.69) is 31.5 Å². The molecular weight excluding hydrogens is 174 g/mol. The Labute approximate surface area is 77.3 Å². The molecule has 0 aliphatic heterocycles. The van der Waals surface area contributed by atoms with Crippen LogP contribution in [-0.4, -0.2) is 4.98 Å². The predicted molar refractivity (Wildman–Crippen MR) is 52.6 cm³/mol. The van der Waals surface area contributed by atoms with Gasteiger partial charge in [-0.2, -0.15) is 0 Å². The molecule has 0 aliphatic carbocycles. The number of hydrogen-bond acceptors (Lipinski definition) is 3. The number of rotatable bonds is 2. The zero-order valence-corrected chi connectivity index (χ0v) is 8.80. The van der Waals surface area contributed by atoms with Crippen molar-refractivity contribution in [3.63, 3.8) is 0 Å². The Morgan fingerprint density at radius 2 is 2.18 bits per heavy atom. The summed E-state index contributed by atoms with van der Waals surface area (Å²) in [4.78, 5) is 4.39. The van der Waals surface area contributed by atoms with Gasteiger partial charge in [0.1, 0.15) is 0 Å². The molecule has 0 bridgehead atoms. The highest BCUT2D eigenvalue weighted by Gasteiger charge is 2.05. The van der Waals surface area contributed by atoms with Crippen molar-refractivity contribution < 1.29 is 0 Å². The molecule has 1 aromatic heterocycles. The number of nitrogens with zero attached hydrogens (tertiary/aromatic N) is 1. The monoisotopic (exact) mass is 187 g/mol. The number of thiol groups is 1. The molecule has 0 saturated carbocycles. The molecule has 3 heteroatoms. The van der Waals surface area contributed by atoms with Crippen LogP contribution in [0.1, 0.15) is 24.5 Å². The molecule has 0 saturated heterocycles. The van der Waals surface area contributed by atoms with Crippen molar-refractivity contribution in [1.29, 1.82) is 0 Å². The van der Waals surface area contributed by atoms with Gasteiger partial charge in [0, 0.05) is 6.42 Å². The SMILES string of the molecule is Cc1nc(CC(C)C)sc1S. The average Bonchev–Trinajstić information content (AvgIpc) is 2.10. The van der Waals surface area contributed by atoms with Gasteiger partial charge in [-0.15, -0.1) is 24.0 Å². The minimum absolute atomic E-state index is 0.688. The van der Waals surface area contributed by atoms with Crippen LogP contribution >= 0.6 is 24.0 Å². The maximum atomic E-state index is 4.39. The predicted octanol–water partition coefficient (Wildman–Crippen LogP) is 2.94. The van der Waals surface area contributed by atoms with Crippen molar-refractivity contribution in [2.24, 2.45) is 5.92 Å². The van der Waals surface area contributed by atoms with Crippen LogP contribution in [0.2, 0.25) is 0 Å². The molecular formula is C8H13NS2. The molecule has 62 valence electrons. The van der Waals surface area contributed by atoms with Gasteiger partial charge in [0.25, 0.3) is 0 Å². The number of aromatic nitrogens is 1. The standard InChI is InChI=1S/C8H13NS2/c1-5(2)4-7-9-6(3)8(10)11-7/h5,10H,4H2,1-3H3.